The molecule has 0 aromatic heterocycles. The normalized spacial score (nSPS) is 32.5. The molecule has 0 spiro atoms. The maximum Gasteiger partial charge on any atom is 0.126 e. The Morgan fingerprint density at radius 1 is 1.44 bits per heavy atom. The van der Waals surface area contributed by atoms with E-state index in [0.717, 1.165) is 19.3 Å². The highest BCUT2D eigenvalue weighted by atomic mass is 35.5. The van der Waals surface area contributed by atoms with Crippen LogP contribution in [0.3, 0.4) is 0 Å². The molecule has 0 saturated heterocycles. The fraction of sp³-hybridized carbons (Fsp3) is 0.600. The second kappa shape index (κ2) is 5.18. The first-order valence-corrected chi connectivity index (χ1v) is 6.95. The molecule has 3 unspecified atom stereocenters. The summed E-state index contributed by atoms with van der Waals surface area (Å²) in [7, 11) is 0. The minimum atomic E-state index is -0.794. The van der Waals surface area contributed by atoms with Crippen LogP contribution in [0.25, 0.3) is 0 Å². The first kappa shape index (κ1) is 13.8. The van der Waals surface area contributed by atoms with Crippen LogP contribution in [-0.2, 0) is 6.42 Å². The standard InChI is InChI=1S/C15H20ClFO/c1-10-5-6-15(18,11(2)7-10)9-12-8-13(16)3-4-14(12)17/h3-4,8,10-11,18H,5-7,9H2,1-2H3. The van der Waals surface area contributed by atoms with E-state index >= 15 is 0 Å². The first-order chi connectivity index (χ1) is 8.40. The lowest BCUT2D eigenvalue weighted by atomic mass is 9.70. The van der Waals surface area contributed by atoms with Crippen molar-refractivity contribution < 1.29 is 9.50 Å². The molecule has 0 amide bonds. The summed E-state index contributed by atoms with van der Waals surface area (Å²) in [5, 5.41) is 11.2. The SMILES string of the molecule is CC1CCC(O)(Cc2cc(Cl)ccc2F)C(C)C1. The molecule has 0 heterocycles. The Morgan fingerprint density at radius 3 is 2.83 bits per heavy atom. The Kier molecular flexibility index (Phi) is 3.98. The highest BCUT2D eigenvalue weighted by Gasteiger charge is 2.38. The molecule has 1 aliphatic carbocycles. The van der Waals surface area contributed by atoms with Crippen molar-refractivity contribution in [1.29, 1.82) is 0 Å². The van der Waals surface area contributed by atoms with Crippen molar-refractivity contribution in [2.24, 2.45) is 11.8 Å². The van der Waals surface area contributed by atoms with Gasteiger partial charge in [-0.2, -0.15) is 0 Å². The van der Waals surface area contributed by atoms with Crippen molar-refractivity contribution in [2.75, 3.05) is 0 Å². The average Bonchev–Trinajstić information content (AvgIpc) is 2.30. The lowest BCUT2D eigenvalue weighted by molar-refractivity contribution is -0.0527. The summed E-state index contributed by atoms with van der Waals surface area (Å²) in [6.45, 7) is 4.26. The van der Waals surface area contributed by atoms with Gasteiger partial charge in [0.05, 0.1) is 5.60 Å². The molecule has 0 radical (unpaired) electrons. The van der Waals surface area contributed by atoms with Crippen molar-refractivity contribution in [2.45, 2.75) is 45.1 Å². The molecule has 1 aromatic carbocycles. The zero-order valence-corrected chi connectivity index (χ0v) is 11.7. The van der Waals surface area contributed by atoms with Crippen molar-refractivity contribution in [3.8, 4) is 0 Å². The van der Waals surface area contributed by atoms with E-state index in [0.29, 0.717) is 22.9 Å². The molecule has 100 valence electrons. The van der Waals surface area contributed by atoms with Crippen molar-refractivity contribution in [3.05, 3.63) is 34.6 Å². The second-order valence-electron chi connectivity index (χ2n) is 5.80. The van der Waals surface area contributed by atoms with E-state index in [9.17, 15) is 9.50 Å². The van der Waals surface area contributed by atoms with Crippen LogP contribution in [-0.4, -0.2) is 10.7 Å². The Morgan fingerprint density at radius 2 is 2.17 bits per heavy atom. The Labute approximate surface area is 113 Å². The summed E-state index contributed by atoms with van der Waals surface area (Å²) in [4.78, 5) is 0. The summed E-state index contributed by atoms with van der Waals surface area (Å²) in [5.74, 6) is 0.558. The zero-order chi connectivity index (χ0) is 13.3. The van der Waals surface area contributed by atoms with E-state index in [1.54, 1.807) is 6.07 Å². The summed E-state index contributed by atoms with van der Waals surface area (Å²) >= 11 is 5.89. The molecular weight excluding hydrogens is 251 g/mol. The number of aliphatic hydroxyl groups is 1. The fourth-order valence-corrected chi connectivity index (χ4v) is 3.15. The number of benzene rings is 1. The molecule has 1 fully saturated rings. The smallest absolute Gasteiger partial charge is 0.126 e. The lowest BCUT2D eigenvalue weighted by Gasteiger charge is -2.41. The molecule has 1 N–H and O–H groups in total. The Bertz CT molecular complexity index is 435. The molecule has 3 heteroatoms. The maximum atomic E-state index is 13.7. The number of rotatable bonds is 2. The molecule has 0 aliphatic heterocycles. The van der Waals surface area contributed by atoms with Gasteiger partial charge in [0.15, 0.2) is 0 Å². The van der Waals surface area contributed by atoms with E-state index in [-0.39, 0.29) is 11.7 Å². The van der Waals surface area contributed by atoms with Gasteiger partial charge in [-0.25, -0.2) is 4.39 Å². The molecule has 1 nitrogen and oxygen atoms in total. The van der Waals surface area contributed by atoms with Crippen LogP contribution in [0.5, 0.6) is 0 Å². The van der Waals surface area contributed by atoms with E-state index in [1.807, 2.05) is 0 Å². The predicted octanol–water partition coefficient (Wildman–Crippen LogP) is 4.21. The van der Waals surface area contributed by atoms with Crippen LogP contribution in [0.2, 0.25) is 5.02 Å². The minimum absolute atomic E-state index is 0.194. The first-order valence-electron chi connectivity index (χ1n) is 6.57. The minimum Gasteiger partial charge on any atom is -0.389 e. The molecule has 1 saturated carbocycles. The van der Waals surface area contributed by atoms with Crippen LogP contribution in [0.15, 0.2) is 18.2 Å². The van der Waals surface area contributed by atoms with Gasteiger partial charge in [0.1, 0.15) is 5.82 Å². The highest BCUT2D eigenvalue weighted by molar-refractivity contribution is 6.30. The molecule has 18 heavy (non-hydrogen) atoms. The molecule has 1 aromatic rings. The number of halogens is 2. The van der Waals surface area contributed by atoms with Gasteiger partial charge in [-0.05, 0) is 54.9 Å². The summed E-state index contributed by atoms with van der Waals surface area (Å²) in [5.41, 5.74) is -0.274. The second-order valence-corrected chi connectivity index (χ2v) is 6.23. The molecule has 1 aliphatic rings. The third-order valence-corrected chi connectivity index (χ3v) is 4.48. The van der Waals surface area contributed by atoms with Crippen LogP contribution in [0.1, 0.15) is 38.7 Å². The molecule has 0 bridgehead atoms. The third kappa shape index (κ3) is 2.86. The van der Waals surface area contributed by atoms with Crippen LogP contribution >= 0.6 is 11.6 Å². The lowest BCUT2D eigenvalue weighted by Crippen LogP contribution is -2.43. The van der Waals surface area contributed by atoms with Crippen molar-refractivity contribution in [1.82, 2.24) is 0 Å². The van der Waals surface area contributed by atoms with Gasteiger partial charge in [0.25, 0.3) is 0 Å². The van der Waals surface area contributed by atoms with Gasteiger partial charge in [-0.1, -0.05) is 25.4 Å². The highest BCUT2D eigenvalue weighted by Crippen LogP contribution is 2.39. The van der Waals surface area contributed by atoms with E-state index in [1.165, 1.54) is 12.1 Å². The van der Waals surface area contributed by atoms with Crippen molar-refractivity contribution >= 4 is 11.6 Å². The van der Waals surface area contributed by atoms with Crippen LogP contribution in [0, 0.1) is 17.7 Å². The third-order valence-electron chi connectivity index (χ3n) is 4.25. The maximum absolute atomic E-state index is 13.7. The average molecular weight is 271 g/mol. The Hall–Kier alpha value is -0.600. The van der Waals surface area contributed by atoms with Gasteiger partial charge >= 0.3 is 0 Å². The number of hydrogen-bond donors (Lipinski definition) is 1. The fourth-order valence-electron chi connectivity index (χ4n) is 2.95. The molecule has 2 rings (SSSR count). The van der Waals surface area contributed by atoms with Crippen molar-refractivity contribution in [3.63, 3.8) is 0 Å². The van der Waals surface area contributed by atoms with E-state index in [4.69, 9.17) is 11.6 Å². The largest absolute Gasteiger partial charge is 0.389 e. The van der Waals surface area contributed by atoms with Gasteiger partial charge in [-0.3, -0.25) is 0 Å². The summed E-state index contributed by atoms with van der Waals surface area (Å²) < 4.78 is 13.7. The van der Waals surface area contributed by atoms with E-state index < -0.39 is 5.60 Å². The van der Waals surface area contributed by atoms with Crippen LogP contribution in [0.4, 0.5) is 4.39 Å². The monoisotopic (exact) mass is 270 g/mol. The molecule has 3 atom stereocenters. The van der Waals surface area contributed by atoms with Gasteiger partial charge < -0.3 is 5.11 Å². The predicted molar refractivity (Wildman–Crippen MR) is 72.2 cm³/mol. The quantitative estimate of drug-likeness (QED) is 0.854. The summed E-state index contributed by atoms with van der Waals surface area (Å²) in [6, 6.07) is 4.54. The van der Waals surface area contributed by atoms with Gasteiger partial charge in [0, 0.05) is 11.4 Å². The van der Waals surface area contributed by atoms with E-state index in [2.05, 4.69) is 13.8 Å². The van der Waals surface area contributed by atoms with Gasteiger partial charge in [-0.15, -0.1) is 0 Å². The van der Waals surface area contributed by atoms with Crippen LogP contribution < -0.4 is 0 Å². The molecular formula is C15H20ClFO. The Balaban J connectivity index is 2.19. The zero-order valence-electron chi connectivity index (χ0n) is 10.9. The number of hydrogen-bond acceptors (Lipinski definition) is 1. The topological polar surface area (TPSA) is 20.2 Å². The summed E-state index contributed by atoms with van der Waals surface area (Å²) in [6.07, 6.45) is 3.09. The van der Waals surface area contributed by atoms with Gasteiger partial charge in [0.2, 0.25) is 0 Å².